The quantitative estimate of drug-likeness (QED) is 0.336. The van der Waals surface area contributed by atoms with Crippen LogP contribution in [0.2, 0.25) is 0 Å². The summed E-state index contributed by atoms with van der Waals surface area (Å²) in [6.45, 7) is 11.1. The highest BCUT2D eigenvalue weighted by Gasteiger charge is 2.28. The summed E-state index contributed by atoms with van der Waals surface area (Å²) in [7, 11) is 0. The number of hydrogen-bond donors (Lipinski definition) is 5. The van der Waals surface area contributed by atoms with E-state index in [9.17, 15) is 19.5 Å². The molecule has 11 heteroatoms. The number of aliphatic carboxylic acids is 1. The number of amides is 2. The fourth-order valence-corrected chi connectivity index (χ4v) is 4.10. The highest BCUT2D eigenvalue weighted by Crippen LogP contribution is 2.26. The number of carbonyl (C=O) groups excluding carboxylic acids is 2. The van der Waals surface area contributed by atoms with Crippen molar-refractivity contribution in [3.05, 3.63) is 24.3 Å². The summed E-state index contributed by atoms with van der Waals surface area (Å²) in [4.78, 5) is 42.8. The van der Waals surface area contributed by atoms with Crippen LogP contribution in [0, 0.1) is 17.3 Å². The molecular formula is C26H40N6O5. The second-order valence-corrected chi connectivity index (χ2v) is 10.9. The zero-order chi connectivity index (χ0) is 27.0. The van der Waals surface area contributed by atoms with Gasteiger partial charge in [-0.25, -0.2) is 9.59 Å². The summed E-state index contributed by atoms with van der Waals surface area (Å²) >= 11 is 0. The molecule has 11 nitrogen and oxygen atoms in total. The van der Waals surface area contributed by atoms with Crippen LogP contribution in [0.15, 0.2) is 29.3 Å². The van der Waals surface area contributed by atoms with Crippen LogP contribution >= 0.6 is 0 Å². The van der Waals surface area contributed by atoms with Gasteiger partial charge in [0.15, 0.2) is 5.96 Å². The standard InChI is InChI=1S/C26H40N6O5/c1-17(2)14-37-25(36)31-21(23(34)35)13-27-22(33)18-8-10-32(11-9-18)20-7-5-6-19(12-20)30-24-28-15-26(3,4)16-29-24/h5-7,12,17-18,21H,8-11,13-16H2,1-4H3,(H,27,33)(H,31,36)(H,34,35)(H2,28,29,30)/t21-/m0/s1. The van der Waals surface area contributed by atoms with E-state index < -0.39 is 18.1 Å². The molecule has 1 saturated heterocycles. The van der Waals surface area contributed by atoms with Crippen molar-refractivity contribution in [2.45, 2.75) is 46.6 Å². The molecule has 37 heavy (non-hydrogen) atoms. The average Bonchev–Trinajstić information content (AvgIpc) is 2.86. The number of carbonyl (C=O) groups is 3. The molecule has 1 aromatic carbocycles. The molecule has 0 aliphatic carbocycles. The maximum absolute atomic E-state index is 12.7. The molecule has 1 fully saturated rings. The largest absolute Gasteiger partial charge is 0.480 e. The van der Waals surface area contributed by atoms with Crippen molar-refractivity contribution >= 4 is 35.3 Å². The average molecular weight is 517 g/mol. The molecule has 1 atom stereocenters. The van der Waals surface area contributed by atoms with Crippen LogP contribution < -0.4 is 26.2 Å². The maximum Gasteiger partial charge on any atom is 0.407 e. The number of anilines is 2. The van der Waals surface area contributed by atoms with Gasteiger partial charge in [0.2, 0.25) is 5.91 Å². The number of ether oxygens (including phenoxy) is 1. The number of benzene rings is 1. The molecule has 0 unspecified atom stereocenters. The Morgan fingerprint density at radius 1 is 1.24 bits per heavy atom. The van der Waals surface area contributed by atoms with Gasteiger partial charge in [0, 0.05) is 55.4 Å². The monoisotopic (exact) mass is 516 g/mol. The molecule has 0 bridgehead atoms. The zero-order valence-corrected chi connectivity index (χ0v) is 22.2. The number of nitrogens with zero attached hydrogens (tertiary/aromatic N) is 2. The van der Waals surface area contributed by atoms with Crippen molar-refractivity contribution in [3.63, 3.8) is 0 Å². The van der Waals surface area contributed by atoms with Crippen LogP contribution in [0.3, 0.4) is 0 Å². The lowest BCUT2D eigenvalue weighted by Crippen LogP contribution is -2.50. The predicted molar refractivity (Wildman–Crippen MR) is 143 cm³/mol. The summed E-state index contributed by atoms with van der Waals surface area (Å²) in [6.07, 6.45) is 0.485. The fourth-order valence-electron chi connectivity index (χ4n) is 4.10. The van der Waals surface area contributed by atoms with E-state index in [1.807, 2.05) is 32.0 Å². The Labute approximate surface area is 218 Å². The summed E-state index contributed by atoms with van der Waals surface area (Å²) in [5.74, 6) is -0.751. The lowest BCUT2D eigenvalue weighted by molar-refractivity contribution is -0.139. The third-order valence-corrected chi connectivity index (χ3v) is 6.36. The predicted octanol–water partition coefficient (Wildman–Crippen LogP) is 2.25. The van der Waals surface area contributed by atoms with Crippen LogP contribution in [0.4, 0.5) is 16.2 Å². The first-order valence-electron chi connectivity index (χ1n) is 12.9. The number of aliphatic imine (C=N–C) groups is 1. The van der Waals surface area contributed by atoms with Crippen LogP contribution in [-0.4, -0.2) is 74.4 Å². The van der Waals surface area contributed by atoms with Crippen molar-refractivity contribution in [2.24, 2.45) is 22.2 Å². The second-order valence-electron chi connectivity index (χ2n) is 10.9. The summed E-state index contributed by atoms with van der Waals surface area (Å²) in [6, 6.07) is 6.86. The van der Waals surface area contributed by atoms with Gasteiger partial charge in [-0.05, 0) is 37.0 Å². The van der Waals surface area contributed by atoms with E-state index in [1.54, 1.807) is 0 Å². The molecule has 0 saturated carbocycles. The van der Waals surface area contributed by atoms with Crippen LogP contribution in [0.1, 0.15) is 40.5 Å². The Hall–Kier alpha value is -3.50. The molecular weight excluding hydrogens is 476 g/mol. The van der Waals surface area contributed by atoms with Crippen LogP contribution in [0.5, 0.6) is 0 Å². The number of carboxylic acids is 1. The van der Waals surface area contributed by atoms with Gasteiger partial charge in [-0.1, -0.05) is 33.8 Å². The molecule has 3 rings (SSSR count). The van der Waals surface area contributed by atoms with E-state index in [-0.39, 0.29) is 36.3 Å². The topological polar surface area (TPSA) is 144 Å². The smallest absolute Gasteiger partial charge is 0.407 e. The molecule has 2 heterocycles. The molecule has 1 aromatic rings. The molecule has 0 aromatic heterocycles. The van der Waals surface area contributed by atoms with Gasteiger partial charge < -0.3 is 36.0 Å². The third-order valence-electron chi connectivity index (χ3n) is 6.36. The van der Waals surface area contributed by atoms with Gasteiger partial charge in [-0.15, -0.1) is 0 Å². The number of nitrogens with one attached hydrogen (secondary N) is 4. The Morgan fingerprint density at radius 3 is 2.59 bits per heavy atom. The summed E-state index contributed by atoms with van der Waals surface area (Å²) in [5, 5.41) is 21.0. The van der Waals surface area contributed by atoms with E-state index in [0.29, 0.717) is 25.9 Å². The summed E-state index contributed by atoms with van der Waals surface area (Å²) < 4.78 is 4.97. The van der Waals surface area contributed by atoms with Crippen LogP contribution in [-0.2, 0) is 14.3 Å². The van der Waals surface area contributed by atoms with Gasteiger partial charge in [0.25, 0.3) is 0 Å². The first-order valence-corrected chi connectivity index (χ1v) is 12.9. The lowest BCUT2D eigenvalue weighted by Gasteiger charge is -2.33. The normalized spacial score (nSPS) is 18.3. The van der Waals surface area contributed by atoms with Crippen molar-refractivity contribution in [1.82, 2.24) is 16.0 Å². The van der Waals surface area contributed by atoms with E-state index in [0.717, 1.165) is 30.4 Å². The Balaban J connectivity index is 1.46. The van der Waals surface area contributed by atoms with Crippen LogP contribution in [0.25, 0.3) is 0 Å². The molecule has 2 aliphatic rings. The minimum atomic E-state index is -1.26. The van der Waals surface area contributed by atoms with Crippen molar-refractivity contribution in [3.8, 4) is 0 Å². The highest BCUT2D eigenvalue weighted by molar-refractivity contribution is 5.94. The molecule has 2 aliphatic heterocycles. The van der Waals surface area contributed by atoms with Gasteiger partial charge >= 0.3 is 12.1 Å². The first kappa shape index (κ1) is 28.1. The van der Waals surface area contributed by atoms with Crippen molar-refractivity contribution < 1.29 is 24.2 Å². The van der Waals surface area contributed by atoms with E-state index >= 15 is 0 Å². The fraction of sp³-hybridized carbons (Fsp3) is 0.615. The summed E-state index contributed by atoms with van der Waals surface area (Å²) in [5.41, 5.74) is 2.16. The zero-order valence-electron chi connectivity index (χ0n) is 22.2. The minimum absolute atomic E-state index is 0.134. The van der Waals surface area contributed by atoms with E-state index in [4.69, 9.17) is 4.74 Å². The first-order chi connectivity index (χ1) is 17.5. The van der Waals surface area contributed by atoms with E-state index in [2.05, 4.69) is 51.1 Å². The number of guanidine groups is 1. The number of piperidine rings is 1. The Kier molecular flexibility index (Phi) is 9.60. The third kappa shape index (κ3) is 8.83. The van der Waals surface area contributed by atoms with Crippen molar-refractivity contribution in [1.29, 1.82) is 0 Å². The Morgan fingerprint density at radius 2 is 1.97 bits per heavy atom. The SMILES string of the molecule is CC(C)COC(=O)N[C@@H](CNC(=O)C1CCN(c2cccc(NC3=NCC(C)(C)CN3)c2)CC1)C(=O)O. The van der Waals surface area contributed by atoms with Gasteiger partial charge in [0.1, 0.15) is 6.04 Å². The number of rotatable bonds is 9. The molecule has 5 N–H and O–H groups in total. The van der Waals surface area contributed by atoms with Crippen molar-refractivity contribution in [2.75, 3.05) is 49.5 Å². The highest BCUT2D eigenvalue weighted by atomic mass is 16.5. The molecule has 2 amide bonds. The minimum Gasteiger partial charge on any atom is -0.480 e. The van der Waals surface area contributed by atoms with Gasteiger partial charge in [0.05, 0.1) is 6.61 Å². The van der Waals surface area contributed by atoms with Gasteiger partial charge in [-0.2, -0.15) is 0 Å². The maximum atomic E-state index is 12.7. The second kappa shape index (κ2) is 12.6. The van der Waals surface area contributed by atoms with E-state index in [1.165, 1.54) is 0 Å². The molecule has 204 valence electrons. The molecule has 0 radical (unpaired) electrons. The molecule has 0 spiro atoms. The lowest BCUT2D eigenvalue weighted by atomic mass is 9.93. The number of hydrogen-bond acceptors (Lipinski definition) is 8. The number of alkyl carbamates (subject to hydrolysis) is 1. The number of carboxylic acid groups (broad SMARTS) is 1. The Bertz CT molecular complexity index is 987. The van der Waals surface area contributed by atoms with Gasteiger partial charge in [-0.3, -0.25) is 9.79 Å².